The summed E-state index contributed by atoms with van der Waals surface area (Å²) >= 11 is 5.66. The maximum absolute atomic E-state index is 5.66. The van der Waals surface area contributed by atoms with Crippen molar-refractivity contribution < 1.29 is 0 Å². The maximum Gasteiger partial charge on any atom is 0.129 e. The highest BCUT2D eigenvalue weighted by molar-refractivity contribution is 6.29. The first-order valence-corrected chi connectivity index (χ1v) is 5.06. The van der Waals surface area contributed by atoms with E-state index in [1.165, 1.54) is 0 Å². The van der Waals surface area contributed by atoms with Gasteiger partial charge >= 0.3 is 0 Å². The zero-order valence-electron chi connectivity index (χ0n) is 8.36. The van der Waals surface area contributed by atoms with Crippen molar-refractivity contribution in [1.29, 1.82) is 0 Å². The van der Waals surface area contributed by atoms with Crippen molar-refractivity contribution in [1.82, 2.24) is 10.3 Å². The quantitative estimate of drug-likeness (QED) is 0.592. The average Bonchev–Trinajstić information content (AvgIpc) is 2.26. The standard InChI is InChI=1S/C11H14ClN3/c12-11-5-4-10(9-15-11)8-14-7-3-1-2-6-13/h1-5,7,9,14H,6,8,13H2/b2-1-,7-3-. The van der Waals surface area contributed by atoms with Crippen LogP contribution in [0.1, 0.15) is 5.56 Å². The molecule has 1 rings (SSSR count). The number of nitrogens with two attached hydrogens (primary N) is 1. The van der Waals surface area contributed by atoms with Gasteiger partial charge in [-0.1, -0.05) is 29.8 Å². The first-order chi connectivity index (χ1) is 7.33. The van der Waals surface area contributed by atoms with Gasteiger partial charge in [-0.2, -0.15) is 0 Å². The van der Waals surface area contributed by atoms with E-state index < -0.39 is 0 Å². The molecule has 0 spiro atoms. The summed E-state index contributed by atoms with van der Waals surface area (Å²) in [6, 6.07) is 3.71. The van der Waals surface area contributed by atoms with E-state index >= 15 is 0 Å². The second-order valence-corrected chi connectivity index (χ2v) is 3.28. The third-order valence-electron chi connectivity index (χ3n) is 1.69. The molecule has 3 nitrogen and oxygen atoms in total. The molecule has 0 saturated heterocycles. The second kappa shape index (κ2) is 7.04. The van der Waals surface area contributed by atoms with Crippen LogP contribution in [-0.4, -0.2) is 11.5 Å². The molecule has 0 aliphatic carbocycles. The molecular formula is C11H14ClN3. The van der Waals surface area contributed by atoms with E-state index in [1.807, 2.05) is 30.5 Å². The van der Waals surface area contributed by atoms with Crippen molar-refractivity contribution in [2.75, 3.05) is 6.54 Å². The molecule has 0 fully saturated rings. The van der Waals surface area contributed by atoms with Gasteiger partial charge in [0.15, 0.2) is 0 Å². The lowest BCUT2D eigenvalue weighted by Crippen LogP contribution is -2.04. The van der Waals surface area contributed by atoms with Gasteiger partial charge in [-0.15, -0.1) is 0 Å². The molecule has 0 amide bonds. The summed E-state index contributed by atoms with van der Waals surface area (Å²) in [7, 11) is 0. The van der Waals surface area contributed by atoms with Crippen LogP contribution in [0.4, 0.5) is 0 Å². The number of allylic oxidation sites excluding steroid dienone is 2. The van der Waals surface area contributed by atoms with Gasteiger partial charge in [0.25, 0.3) is 0 Å². The van der Waals surface area contributed by atoms with Crippen LogP contribution in [0.2, 0.25) is 5.15 Å². The van der Waals surface area contributed by atoms with Crippen molar-refractivity contribution in [2.45, 2.75) is 6.54 Å². The number of nitrogens with one attached hydrogen (secondary N) is 1. The van der Waals surface area contributed by atoms with E-state index in [9.17, 15) is 0 Å². The Labute approximate surface area is 94.7 Å². The van der Waals surface area contributed by atoms with Gasteiger partial charge in [0.05, 0.1) is 0 Å². The average molecular weight is 224 g/mol. The summed E-state index contributed by atoms with van der Waals surface area (Å²) in [5, 5.41) is 3.64. The van der Waals surface area contributed by atoms with Gasteiger partial charge in [0.2, 0.25) is 0 Å². The Balaban J connectivity index is 2.28. The molecule has 0 unspecified atom stereocenters. The first kappa shape index (κ1) is 11.8. The molecule has 0 saturated carbocycles. The summed E-state index contributed by atoms with van der Waals surface area (Å²) in [5.41, 5.74) is 6.38. The van der Waals surface area contributed by atoms with E-state index in [1.54, 1.807) is 12.3 Å². The molecule has 0 radical (unpaired) electrons. The minimum atomic E-state index is 0.514. The van der Waals surface area contributed by atoms with Gasteiger partial charge < -0.3 is 11.1 Å². The fourth-order valence-corrected chi connectivity index (χ4v) is 1.08. The monoisotopic (exact) mass is 223 g/mol. The number of halogens is 1. The molecule has 1 heterocycles. The molecule has 15 heavy (non-hydrogen) atoms. The number of nitrogens with zero attached hydrogens (tertiary/aromatic N) is 1. The summed E-state index contributed by atoms with van der Waals surface area (Å²) < 4.78 is 0. The predicted molar refractivity (Wildman–Crippen MR) is 63.4 cm³/mol. The van der Waals surface area contributed by atoms with Crippen molar-refractivity contribution in [3.8, 4) is 0 Å². The lowest BCUT2D eigenvalue weighted by Gasteiger charge is -1.99. The van der Waals surface area contributed by atoms with Crippen LogP contribution < -0.4 is 11.1 Å². The molecule has 0 aromatic carbocycles. The Hall–Kier alpha value is -1.32. The fourth-order valence-electron chi connectivity index (χ4n) is 0.969. The van der Waals surface area contributed by atoms with Gasteiger partial charge in [0, 0.05) is 19.3 Å². The molecule has 0 atom stereocenters. The Kier molecular flexibility index (Phi) is 5.51. The van der Waals surface area contributed by atoms with Crippen LogP contribution in [0.5, 0.6) is 0 Å². The van der Waals surface area contributed by atoms with E-state index in [-0.39, 0.29) is 0 Å². The van der Waals surface area contributed by atoms with Crippen molar-refractivity contribution >= 4 is 11.6 Å². The van der Waals surface area contributed by atoms with Gasteiger partial charge in [0.1, 0.15) is 5.15 Å². The van der Waals surface area contributed by atoms with Gasteiger partial charge in [-0.3, -0.25) is 0 Å². The van der Waals surface area contributed by atoms with Crippen molar-refractivity contribution in [2.24, 2.45) is 5.73 Å². The number of hydrogen-bond donors (Lipinski definition) is 2. The zero-order chi connectivity index (χ0) is 10.9. The molecule has 0 aliphatic heterocycles. The van der Waals surface area contributed by atoms with Gasteiger partial charge in [-0.25, -0.2) is 4.98 Å². The number of hydrogen-bond acceptors (Lipinski definition) is 3. The van der Waals surface area contributed by atoms with E-state index in [4.69, 9.17) is 17.3 Å². The Morgan fingerprint density at radius 1 is 1.40 bits per heavy atom. The van der Waals surface area contributed by atoms with Crippen LogP contribution in [-0.2, 0) is 6.54 Å². The van der Waals surface area contributed by atoms with Crippen LogP contribution >= 0.6 is 11.6 Å². The SMILES string of the molecule is NC/C=C\C=C/NCc1ccc(Cl)nc1. The lowest BCUT2D eigenvalue weighted by atomic mass is 10.3. The summed E-state index contributed by atoms with van der Waals surface area (Å²) in [6.07, 6.45) is 9.28. The van der Waals surface area contributed by atoms with Crippen molar-refractivity contribution in [3.63, 3.8) is 0 Å². The van der Waals surface area contributed by atoms with E-state index in [0.717, 1.165) is 12.1 Å². The topological polar surface area (TPSA) is 50.9 Å². The molecule has 4 heteroatoms. The minimum absolute atomic E-state index is 0.514. The highest BCUT2D eigenvalue weighted by Crippen LogP contribution is 2.04. The smallest absolute Gasteiger partial charge is 0.129 e. The Morgan fingerprint density at radius 2 is 2.27 bits per heavy atom. The third kappa shape index (κ3) is 5.20. The Bertz CT molecular complexity index is 330. The van der Waals surface area contributed by atoms with Gasteiger partial charge in [-0.05, 0) is 23.9 Å². The second-order valence-electron chi connectivity index (χ2n) is 2.89. The normalized spacial score (nSPS) is 11.3. The number of aromatic nitrogens is 1. The van der Waals surface area contributed by atoms with E-state index in [0.29, 0.717) is 11.7 Å². The first-order valence-electron chi connectivity index (χ1n) is 4.68. The van der Waals surface area contributed by atoms with Crippen molar-refractivity contribution in [3.05, 3.63) is 53.5 Å². The molecule has 0 aliphatic rings. The predicted octanol–water partition coefficient (Wildman–Crippen LogP) is 1.85. The highest BCUT2D eigenvalue weighted by Gasteiger charge is 1.90. The molecular weight excluding hydrogens is 210 g/mol. The summed E-state index contributed by atoms with van der Waals surface area (Å²) in [5.74, 6) is 0. The zero-order valence-corrected chi connectivity index (χ0v) is 9.11. The number of rotatable bonds is 5. The summed E-state index contributed by atoms with van der Waals surface area (Å²) in [6.45, 7) is 1.29. The molecule has 1 aromatic rings. The Morgan fingerprint density at radius 3 is 2.93 bits per heavy atom. The van der Waals surface area contributed by atoms with E-state index in [2.05, 4.69) is 10.3 Å². The fraction of sp³-hybridized carbons (Fsp3) is 0.182. The summed E-state index contributed by atoms with van der Waals surface area (Å²) in [4.78, 5) is 3.98. The molecule has 3 N–H and O–H groups in total. The highest BCUT2D eigenvalue weighted by atomic mass is 35.5. The molecule has 0 bridgehead atoms. The third-order valence-corrected chi connectivity index (χ3v) is 1.92. The van der Waals surface area contributed by atoms with Crippen LogP contribution in [0.25, 0.3) is 0 Å². The van der Waals surface area contributed by atoms with Crippen LogP contribution in [0.15, 0.2) is 42.8 Å². The maximum atomic E-state index is 5.66. The minimum Gasteiger partial charge on any atom is -0.387 e. The number of pyridine rings is 1. The largest absolute Gasteiger partial charge is 0.387 e. The van der Waals surface area contributed by atoms with Crippen LogP contribution in [0.3, 0.4) is 0 Å². The molecule has 1 aromatic heterocycles. The lowest BCUT2D eigenvalue weighted by molar-refractivity contribution is 0.863. The van der Waals surface area contributed by atoms with Crippen LogP contribution in [0, 0.1) is 0 Å². The molecule has 80 valence electrons.